The van der Waals surface area contributed by atoms with Gasteiger partial charge in [-0.25, -0.2) is 9.37 Å². The number of hydrogen-bond donors (Lipinski definition) is 1. The van der Waals surface area contributed by atoms with Crippen LogP contribution >= 0.6 is 0 Å². The standard InChI is InChI=1S/C28H34FN7O2/c29-24-17-31-10-8-23(24)25-16-27(37)36(30)28(32-25)35-14-15-38-26(19-35)20-4-6-21(7-5-20)34-13-9-22(18-34)33-11-2-1-3-12-33/h4-8,10,16-17,22,26H,1-3,9,11-15,18-19,30H2/t22-,26+/m0/s1. The van der Waals surface area contributed by atoms with E-state index < -0.39 is 11.4 Å². The van der Waals surface area contributed by atoms with Gasteiger partial charge in [-0.2, -0.15) is 4.68 Å². The number of nitrogens with zero attached hydrogens (tertiary/aromatic N) is 6. The number of aromatic nitrogens is 3. The van der Waals surface area contributed by atoms with Crippen LogP contribution < -0.4 is 21.2 Å². The fourth-order valence-electron chi connectivity index (χ4n) is 5.91. The Hall–Kier alpha value is -3.50. The molecule has 3 aliphatic rings. The van der Waals surface area contributed by atoms with Crippen molar-refractivity contribution in [3.63, 3.8) is 0 Å². The smallest absolute Gasteiger partial charge is 0.273 e. The van der Waals surface area contributed by atoms with E-state index in [1.54, 1.807) is 0 Å². The molecule has 3 aromatic rings. The van der Waals surface area contributed by atoms with E-state index in [-0.39, 0.29) is 23.3 Å². The van der Waals surface area contributed by atoms with Gasteiger partial charge in [-0.3, -0.25) is 14.7 Å². The average molecular weight is 520 g/mol. The predicted molar refractivity (Wildman–Crippen MR) is 145 cm³/mol. The second kappa shape index (κ2) is 10.7. The predicted octanol–water partition coefficient (Wildman–Crippen LogP) is 2.80. The third-order valence-corrected chi connectivity index (χ3v) is 8.03. The van der Waals surface area contributed by atoms with Crippen molar-refractivity contribution in [2.75, 3.05) is 61.5 Å². The summed E-state index contributed by atoms with van der Waals surface area (Å²) in [5, 5.41) is 0. The molecular weight excluding hydrogens is 485 g/mol. The molecule has 0 bridgehead atoms. The number of nitrogens with two attached hydrogens (primary N) is 1. The highest BCUT2D eigenvalue weighted by atomic mass is 19.1. The van der Waals surface area contributed by atoms with Crippen LogP contribution in [0.1, 0.15) is 37.4 Å². The molecule has 38 heavy (non-hydrogen) atoms. The zero-order valence-electron chi connectivity index (χ0n) is 21.5. The van der Waals surface area contributed by atoms with E-state index in [9.17, 15) is 9.18 Å². The lowest BCUT2D eigenvalue weighted by atomic mass is 10.1. The molecule has 0 spiro atoms. The Balaban J connectivity index is 1.16. The zero-order valence-corrected chi connectivity index (χ0v) is 21.5. The highest BCUT2D eigenvalue weighted by Crippen LogP contribution is 2.30. The van der Waals surface area contributed by atoms with Crippen molar-refractivity contribution in [3.05, 3.63) is 70.5 Å². The highest BCUT2D eigenvalue weighted by molar-refractivity contribution is 5.60. The second-order valence-corrected chi connectivity index (χ2v) is 10.4. The first kappa shape index (κ1) is 24.8. The Labute approximate surface area is 221 Å². The summed E-state index contributed by atoms with van der Waals surface area (Å²) in [6, 6.07) is 12.0. The number of benzene rings is 1. The molecule has 0 unspecified atom stereocenters. The Kier molecular flexibility index (Phi) is 6.99. The first-order chi connectivity index (χ1) is 18.6. The Bertz CT molecular complexity index is 1330. The van der Waals surface area contributed by atoms with Crippen molar-refractivity contribution in [1.29, 1.82) is 0 Å². The summed E-state index contributed by atoms with van der Waals surface area (Å²) in [4.78, 5) is 28.0. The molecule has 0 aliphatic carbocycles. The van der Waals surface area contributed by atoms with E-state index in [1.807, 2.05) is 4.90 Å². The van der Waals surface area contributed by atoms with E-state index in [0.29, 0.717) is 25.7 Å². The number of piperidine rings is 1. The van der Waals surface area contributed by atoms with E-state index in [1.165, 1.54) is 62.8 Å². The van der Waals surface area contributed by atoms with Gasteiger partial charge < -0.3 is 20.4 Å². The van der Waals surface area contributed by atoms with Gasteiger partial charge in [-0.15, -0.1) is 0 Å². The SMILES string of the molecule is Nn1c(N2CCO[C@@H](c3ccc(N4CC[C@H](N5CCCCC5)C4)cc3)C2)nc(-c2ccncc2F)cc1=O. The number of halogens is 1. The van der Waals surface area contributed by atoms with E-state index in [2.05, 4.69) is 44.0 Å². The largest absolute Gasteiger partial charge is 0.370 e. The van der Waals surface area contributed by atoms with Gasteiger partial charge >= 0.3 is 0 Å². The fourth-order valence-corrected chi connectivity index (χ4v) is 5.91. The summed E-state index contributed by atoms with van der Waals surface area (Å²) in [6.45, 7) is 6.10. The van der Waals surface area contributed by atoms with Crippen molar-refractivity contribution in [3.8, 4) is 11.3 Å². The highest BCUT2D eigenvalue weighted by Gasteiger charge is 2.29. The van der Waals surface area contributed by atoms with Crippen LogP contribution in [0.25, 0.3) is 11.3 Å². The molecule has 3 fully saturated rings. The van der Waals surface area contributed by atoms with Crippen molar-refractivity contribution < 1.29 is 9.13 Å². The van der Waals surface area contributed by atoms with Crippen LogP contribution in [-0.4, -0.2) is 71.5 Å². The molecule has 0 saturated carbocycles. The molecule has 2 atom stereocenters. The molecular formula is C28H34FN7O2. The van der Waals surface area contributed by atoms with Crippen molar-refractivity contribution in [2.45, 2.75) is 37.8 Å². The van der Waals surface area contributed by atoms with Crippen LogP contribution in [0, 0.1) is 5.82 Å². The summed E-state index contributed by atoms with van der Waals surface area (Å²) < 4.78 is 21.5. The molecule has 0 radical (unpaired) electrons. The van der Waals surface area contributed by atoms with Gasteiger partial charge in [0, 0.05) is 49.2 Å². The molecule has 3 aliphatic heterocycles. The Morgan fingerprint density at radius 2 is 1.79 bits per heavy atom. The average Bonchev–Trinajstić information content (AvgIpc) is 3.46. The van der Waals surface area contributed by atoms with Gasteiger partial charge in [0.2, 0.25) is 5.95 Å². The zero-order chi connectivity index (χ0) is 26.1. The van der Waals surface area contributed by atoms with Gasteiger partial charge in [-0.1, -0.05) is 18.6 Å². The molecule has 2 N–H and O–H groups in total. The maximum Gasteiger partial charge on any atom is 0.273 e. The van der Waals surface area contributed by atoms with Crippen LogP contribution in [0.3, 0.4) is 0 Å². The van der Waals surface area contributed by atoms with Gasteiger partial charge in [-0.05, 0) is 56.1 Å². The van der Waals surface area contributed by atoms with Crippen molar-refractivity contribution in [2.24, 2.45) is 0 Å². The summed E-state index contributed by atoms with van der Waals surface area (Å²) in [5.74, 6) is 5.83. The quantitative estimate of drug-likeness (QED) is 0.515. The van der Waals surface area contributed by atoms with Crippen LogP contribution in [-0.2, 0) is 4.74 Å². The lowest BCUT2D eigenvalue weighted by Crippen LogP contribution is -2.43. The number of rotatable bonds is 5. The van der Waals surface area contributed by atoms with Crippen LogP contribution in [0.5, 0.6) is 0 Å². The number of hydrogen-bond acceptors (Lipinski definition) is 8. The number of morpholine rings is 1. The molecule has 2 aromatic heterocycles. The first-order valence-corrected chi connectivity index (χ1v) is 13.5. The van der Waals surface area contributed by atoms with Gasteiger partial charge in [0.1, 0.15) is 6.10 Å². The minimum absolute atomic E-state index is 0.198. The fraction of sp³-hybridized carbons (Fsp3) is 0.464. The van der Waals surface area contributed by atoms with Crippen LogP contribution in [0.2, 0.25) is 0 Å². The minimum atomic E-state index is -0.541. The number of nitrogen functional groups attached to an aromatic ring is 1. The van der Waals surface area contributed by atoms with E-state index >= 15 is 0 Å². The van der Waals surface area contributed by atoms with E-state index in [4.69, 9.17) is 10.6 Å². The number of anilines is 2. The van der Waals surface area contributed by atoms with Crippen molar-refractivity contribution >= 4 is 11.6 Å². The second-order valence-electron chi connectivity index (χ2n) is 10.4. The molecule has 3 saturated heterocycles. The van der Waals surface area contributed by atoms with Crippen molar-refractivity contribution in [1.82, 2.24) is 19.5 Å². The molecule has 0 amide bonds. The molecule has 1 aromatic carbocycles. The summed E-state index contributed by atoms with van der Waals surface area (Å²) in [5.41, 5.74) is 2.29. The summed E-state index contributed by atoms with van der Waals surface area (Å²) in [7, 11) is 0. The topological polar surface area (TPSA) is 92.8 Å². The number of pyridine rings is 1. The Morgan fingerprint density at radius 1 is 0.974 bits per heavy atom. The number of likely N-dealkylation sites (tertiary alicyclic amines) is 1. The van der Waals surface area contributed by atoms with Gasteiger partial charge in [0.25, 0.3) is 5.56 Å². The normalized spacial score (nSPS) is 22.7. The Morgan fingerprint density at radius 3 is 2.58 bits per heavy atom. The van der Waals surface area contributed by atoms with Crippen LogP contribution in [0.15, 0.2) is 53.6 Å². The third kappa shape index (κ3) is 4.98. The summed E-state index contributed by atoms with van der Waals surface area (Å²) >= 11 is 0. The summed E-state index contributed by atoms with van der Waals surface area (Å²) in [6.07, 6.45) is 7.61. The number of ether oxygens (including phenoxy) is 1. The molecule has 200 valence electrons. The third-order valence-electron chi connectivity index (χ3n) is 8.03. The van der Waals surface area contributed by atoms with E-state index in [0.717, 1.165) is 29.5 Å². The monoisotopic (exact) mass is 519 g/mol. The maximum atomic E-state index is 14.3. The molecule has 10 heteroatoms. The molecule has 6 rings (SSSR count). The molecule has 5 heterocycles. The first-order valence-electron chi connectivity index (χ1n) is 13.5. The lowest BCUT2D eigenvalue weighted by molar-refractivity contribution is 0.0390. The maximum absolute atomic E-state index is 14.3. The minimum Gasteiger partial charge on any atom is -0.370 e. The van der Waals surface area contributed by atoms with Gasteiger partial charge in [0.15, 0.2) is 5.82 Å². The van der Waals surface area contributed by atoms with Gasteiger partial charge in [0.05, 0.1) is 25.0 Å². The molecule has 9 nitrogen and oxygen atoms in total. The van der Waals surface area contributed by atoms with Crippen LogP contribution in [0.4, 0.5) is 16.0 Å². The lowest BCUT2D eigenvalue weighted by Gasteiger charge is -2.34.